The van der Waals surface area contributed by atoms with Gasteiger partial charge in [-0.25, -0.2) is 0 Å². The number of aliphatic hydroxyl groups is 1. The van der Waals surface area contributed by atoms with E-state index in [2.05, 4.69) is 0 Å². The van der Waals surface area contributed by atoms with E-state index in [4.69, 9.17) is 21.7 Å². The van der Waals surface area contributed by atoms with E-state index in [0.29, 0.717) is 13.0 Å². The zero-order valence-corrected chi connectivity index (χ0v) is 8.59. The van der Waals surface area contributed by atoms with E-state index in [1.54, 1.807) is 0 Å². The average molecular weight is 215 g/mol. The van der Waals surface area contributed by atoms with Crippen molar-refractivity contribution in [3.63, 3.8) is 0 Å². The molecule has 6 N–H and O–H groups in total. The van der Waals surface area contributed by atoms with Crippen LogP contribution in [-0.4, -0.2) is 35.9 Å². The molecule has 82 valence electrons. The molecule has 0 unspecified atom stereocenters. The Bertz CT molecular complexity index is 114. The average Bonchev–Trinajstić information content (AvgIpc) is 2.08. The molecular formula is C7H19ClN2O3. The highest BCUT2D eigenvalue weighted by molar-refractivity contribution is 5.85. The first-order chi connectivity index (χ1) is 5.68. The lowest BCUT2D eigenvalue weighted by Gasteiger charge is -2.03. The van der Waals surface area contributed by atoms with Gasteiger partial charge in [0.2, 0.25) is 0 Å². The number of hydrogen-bond donors (Lipinski definition) is 4. The standard InChI is InChI=1S/C6H14N2O2.CH4O.ClH/c7-4-2-1-3-5(8)6(9)10;1-2;/h5H,1-4,7-8H2,(H,9,10);2H,1H3;1H/t5-;;/m0../s1. The second kappa shape index (κ2) is 14.2. The van der Waals surface area contributed by atoms with E-state index in [0.717, 1.165) is 20.0 Å². The van der Waals surface area contributed by atoms with Gasteiger partial charge in [-0.15, -0.1) is 12.4 Å². The second-order valence-electron chi connectivity index (χ2n) is 2.23. The van der Waals surface area contributed by atoms with Crippen LogP contribution in [0.15, 0.2) is 0 Å². The van der Waals surface area contributed by atoms with Gasteiger partial charge in [0.15, 0.2) is 0 Å². The summed E-state index contributed by atoms with van der Waals surface area (Å²) in [6.07, 6.45) is 2.16. The zero-order valence-electron chi connectivity index (χ0n) is 7.77. The number of unbranched alkanes of at least 4 members (excludes halogenated alkanes) is 1. The molecular weight excluding hydrogens is 196 g/mol. The Morgan fingerprint density at radius 2 is 1.85 bits per heavy atom. The van der Waals surface area contributed by atoms with Crippen LogP contribution < -0.4 is 11.5 Å². The fourth-order valence-electron chi connectivity index (χ4n) is 0.632. The van der Waals surface area contributed by atoms with Crippen LogP contribution >= 0.6 is 12.4 Å². The van der Waals surface area contributed by atoms with Crippen molar-refractivity contribution in [2.45, 2.75) is 25.3 Å². The third-order valence-corrected chi connectivity index (χ3v) is 1.29. The molecule has 0 rings (SSSR count). The Kier molecular flexibility index (Phi) is 20.1. The molecule has 0 radical (unpaired) electrons. The molecule has 13 heavy (non-hydrogen) atoms. The van der Waals surface area contributed by atoms with Crippen molar-refractivity contribution in [1.29, 1.82) is 0 Å². The Labute approximate surface area is 84.5 Å². The van der Waals surface area contributed by atoms with Crippen LogP contribution in [0.5, 0.6) is 0 Å². The maximum Gasteiger partial charge on any atom is 0.320 e. The lowest BCUT2D eigenvalue weighted by Crippen LogP contribution is -2.29. The molecule has 6 heteroatoms. The molecule has 0 bridgehead atoms. The molecule has 0 heterocycles. The van der Waals surface area contributed by atoms with Crippen LogP contribution in [-0.2, 0) is 4.79 Å². The van der Waals surface area contributed by atoms with Gasteiger partial charge in [-0.05, 0) is 19.4 Å². The molecule has 0 aromatic heterocycles. The number of nitrogens with two attached hydrogens (primary N) is 2. The number of aliphatic carboxylic acids is 1. The maximum absolute atomic E-state index is 10.1. The monoisotopic (exact) mass is 214 g/mol. The van der Waals surface area contributed by atoms with Gasteiger partial charge in [0.1, 0.15) is 6.04 Å². The minimum absolute atomic E-state index is 0. The molecule has 0 saturated heterocycles. The number of halogens is 1. The molecule has 0 spiro atoms. The highest BCUT2D eigenvalue weighted by atomic mass is 35.5. The van der Waals surface area contributed by atoms with Gasteiger partial charge >= 0.3 is 5.97 Å². The van der Waals surface area contributed by atoms with E-state index in [9.17, 15) is 4.79 Å². The first-order valence-corrected chi connectivity index (χ1v) is 3.81. The van der Waals surface area contributed by atoms with Crippen LogP contribution in [0, 0.1) is 0 Å². The van der Waals surface area contributed by atoms with Crippen LogP contribution in [0.1, 0.15) is 19.3 Å². The molecule has 0 saturated carbocycles. The van der Waals surface area contributed by atoms with Gasteiger partial charge < -0.3 is 21.7 Å². The van der Waals surface area contributed by atoms with Gasteiger partial charge in [-0.1, -0.05) is 6.42 Å². The number of carboxylic acid groups (broad SMARTS) is 1. The number of carbonyl (C=O) groups is 1. The predicted molar refractivity (Wildman–Crippen MR) is 53.9 cm³/mol. The number of carboxylic acids is 1. The minimum Gasteiger partial charge on any atom is -0.480 e. The molecule has 0 fully saturated rings. The number of rotatable bonds is 5. The smallest absolute Gasteiger partial charge is 0.320 e. The topological polar surface area (TPSA) is 110 Å². The molecule has 0 aliphatic heterocycles. The first kappa shape index (κ1) is 18.4. The van der Waals surface area contributed by atoms with Crippen molar-refractivity contribution in [2.75, 3.05) is 13.7 Å². The highest BCUT2D eigenvalue weighted by Crippen LogP contribution is 1.96. The van der Waals surface area contributed by atoms with Crippen molar-refractivity contribution < 1.29 is 15.0 Å². The fourth-order valence-corrected chi connectivity index (χ4v) is 0.632. The van der Waals surface area contributed by atoms with E-state index in [1.165, 1.54) is 0 Å². The molecule has 0 aromatic carbocycles. The summed E-state index contributed by atoms with van der Waals surface area (Å²) < 4.78 is 0. The van der Waals surface area contributed by atoms with E-state index in [1.807, 2.05) is 0 Å². The zero-order chi connectivity index (χ0) is 9.98. The lowest BCUT2D eigenvalue weighted by molar-refractivity contribution is -0.138. The van der Waals surface area contributed by atoms with E-state index in [-0.39, 0.29) is 12.4 Å². The Hall–Kier alpha value is -0.360. The quantitative estimate of drug-likeness (QED) is 0.464. The van der Waals surface area contributed by atoms with Crippen molar-refractivity contribution in [3.8, 4) is 0 Å². The largest absolute Gasteiger partial charge is 0.480 e. The van der Waals surface area contributed by atoms with E-state index >= 15 is 0 Å². The lowest BCUT2D eigenvalue weighted by atomic mass is 10.1. The summed E-state index contributed by atoms with van der Waals surface area (Å²) in [5.74, 6) is -0.933. The molecule has 0 aliphatic carbocycles. The third-order valence-electron chi connectivity index (χ3n) is 1.29. The summed E-state index contributed by atoms with van der Waals surface area (Å²) in [5.41, 5.74) is 10.4. The van der Waals surface area contributed by atoms with Crippen LogP contribution in [0.25, 0.3) is 0 Å². The van der Waals surface area contributed by atoms with Crippen molar-refractivity contribution in [3.05, 3.63) is 0 Å². The Balaban J connectivity index is -0.000000309. The Morgan fingerprint density at radius 3 is 2.15 bits per heavy atom. The molecule has 0 aromatic rings. The van der Waals surface area contributed by atoms with Crippen molar-refractivity contribution in [1.82, 2.24) is 0 Å². The van der Waals surface area contributed by atoms with E-state index < -0.39 is 12.0 Å². The van der Waals surface area contributed by atoms with Crippen LogP contribution in [0.4, 0.5) is 0 Å². The van der Waals surface area contributed by atoms with Crippen molar-refractivity contribution in [2.24, 2.45) is 11.5 Å². The van der Waals surface area contributed by atoms with Crippen LogP contribution in [0.2, 0.25) is 0 Å². The highest BCUT2D eigenvalue weighted by Gasteiger charge is 2.09. The van der Waals surface area contributed by atoms with Gasteiger partial charge in [0.05, 0.1) is 0 Å². The normalized spacial score (nSPS) is 10.5. The fraction of sp³-hybridized carbons (Fsp3) is 0.857. The molecule has 1 atom stereocenters. The number of hydrogen-bond acceptors (Lipinski definition) is 4. The summed E-state index contributed by atoms with van der Waals surface area (Å²) in [6.45, 7) is 0.604. The third kappa shape index (κ3) is 14.5. The van der Waals surface area contributed by atoms with Gasteiger partial charge in [-0.3, -0.25) is 4.79 Å². The second-order valence-corrected chi connectivity index (χ2v) is 2.23. The summed E-state index contributed by atoms with van der Waals surface area (Å²) in [5, 5.41) is 15.3. The van der Waals surface area contributed by atoms with Crippen LogP contribution in [0.3, 0.4) is 0 Å². The SMILES string of the molecule is CO.Cl.NCCCC[C@H](N)C(=O)O. The number of aliphatic hydroxyl groups excluding tert-OH is 1. The summed E-state index contributed by atoms with van der Waals surface area (Å²) in [4.78, 5) is 10.1. The van der Waals surface area contributed by atoms with Gasteiger partial charge in [-0.2, -0.15) is 0 Å². The predicted octanol–water partition coefficient (Wildman–Crippen LogP) is -0.442. The maximum atomic E-state index is 10.1. The van der Waals surface area contributed by atoms with Gasteiger partial charge in [0, 0.05) is 7.11 Å². The summed E-state index contributed by atoms with van der Waals surface area (Å²) in [7, 11) is 1.00. The van der Waals surface area contributed by atoms with Crippen molar-refractivity contribution >= 4 is 18.4 Å². The van der Waals surface area contributed by atoms with Gasteiger partial charge in [0.25, 0.3) is 0 Å². The minimum atomic E-state index is -0.933. The first-order valence-electron chi connectivity index (χ1n) is 3.81. The molecule has 0 aliphatic rings. The molecule has 0 amide bonds. The Morgan fingerprint density at radius 1 is 1.38 bits per heavy atom. The molecule has 5 nitrogen and oxygen atoms in total. The summed E-state index contributed by atoms with van der Waals surface area (Å²) in [6, 6.07) is -0.716. The summed E-state index contributed by atoms with van der Waals surface area (Å²) >= 11 is 0.